The Morgan fingerprint density at radius 2 is 2.29 bits per heavy atom. The number of benzene rings is 1. The Bertz CT molecular complexity index is 608. The number of aromatic nitrogens is 1. The van der Waals surface area contributed by atoms with E-state index in [-0.39, 0.29) is 0 Å². The van der Waals surface area contributed by atoms with E-state index in [1.54, 1.807) is 0 Å². The van der Waals surface area contributed by atoms with Gasteiger partial charge in [0.2, 0.25) is 0 Å². The first-order valence-corrected chi connectivity index (χ1v) is 8.44. The van der Waals surface area contributed by atoms with Gasteiger partial charge < -0.3 is 10.2 Å². The van der Waals surface area contributed by atoms with Gasteiger partial charge in [-0.3, -0.25) is 4.98 Å². The van der Waals surface area contributed by atoms with E-state index in [9.17, 15) is 0 Å². The zero-order chi connectivity index (χ0) is 14.7. The van der Waals surface area contributed by atoms with Crippen LogP contribution in [-0.2, 0) is 6.54 Å². The SMILES string of the molecule is CN(Cc1ccc(Br)c2cccnc12)CC1CCCNC1. The maximum Gasteiger partial charge on any atom is 0.0758 e. The van der Waals surface area contributed by atoms with Crippen LogP contribution in [0.2, 0.25) is 0 Å². The number of halogens is 1. The van der Waals surface area contributed by atoms with Crippen LogP contribution in [0.5, 0.6) is 0 Å². The fraction of sp³-hybridized carbons (Fsp3) is 0.471. The normalized spacial score (nSPS) is 19.3. The molecule has 1 fully saturated rings. The Balaban J connectivity index is 1.73. The lowest BCUT2D eigenvalue weighted by molar-refractivity contribution is 0.238. The third-order valence-corrected chi connectivity index (χ3v) is 4.90. The van der Waals surface area contributed by atoms with Crippen LogP contribution in [0.3, 0.4) is 0 Å². The van der Waals surface area contributed by atoms with Crippen molar-refractivity contribution in [3.8, 4) is 0 Å². The summed E-state index contributed by atoms with van der Waals surface area (Å²) in [6, 6.07) is 8.44. The summed E-state index contributed by atoms with van der Waals surface area (Å²) in [5.74, 6) is 0.776. The van der Waals surface area contributed by atoms with Gasteiger partial charge in [-0.05, 0) is 56.6 Å². The molecule has 1 atom stereocenters. The minimum Gasteiger partial charge on any atom is -0.316 e. The summed E-state index contributed by atoms with van der Waals surface area (Å²) in [5.41, 5.74) is 2.42. The first kappa shape index (κ1) is 14.9. The summed E-state index contributed by atoms with van der Waals surface area (Å²) in [5, 5.41) is 4.69. The second-order valence-corrected chi connectivity index (χ2v) is 6.87. The third-order valence-electron chi connectivity index (χ3n) is 4.21. The van der Waals surface area contributed by atoms with Crippen LogP contribution in [-0.4, -0.2) is 36.6 Å². The number of hydrogen-bond donors (Lipinski definition) is 1. The van der Waals surface area contributed by atoms with Crippen LogP contribution in [0.4, 0.5) is 0 Å². The molecule has 4 heteroatoms. The molecular weight excluding hydrogens is 326 g/mol. The standard InChI is InChI=1S/C17H22BrN3/c1-21(11-13-4-2-8-19-10-13)12-14-6-7-16(18)15-5-3-9-20-17(14)15/h3,5-7,9,13,19H,2,4,8,10-12H2,1H3. The number of hydrogen-bond acceptors (Lipinski definition) is 3. The van der Waals surface area contributed by atoms with Crippen LogP contribution in [0.15, 0.2) is 34.9 Å². The quantitative estimate of drug-likeness (QED) is 0.918. The van der Waals surface area contributed by atoms with Gasteiger partial charge in [0.25, 0.3) is 0 Å². The second-order valence-electron chi connectivity index (χ2n) is 6.02. The molecule has 1 aliphatic heterocycles. The molecular formula is C17H22BrN3. The lowest BCUT2D eigenvalue weighted by atomic mass is 9.99. The van der Waals surface area contributed by atoms with Crippen molar-refractivity contribution in [3.05, 3.63) is 40.5 Å². The number of fused-ring (bicyclic) bond motifs is 1. The predicted octanol–water partition coefficient (Wildman–Crippen LogP) is 3.43. The highest BCUT2D eigenvalue weighted by Gasteiger charge is 2.16. The summed E-state index contributed by atoms with van der Waals surface area (Å²) in [4.78, 5) is 7.00. The van der Waals surface area contributed by atoms with E-state index >= 15 is 0 Å². The maximum atomic E-state index is 4.57. The zero-order valence-corrected chi connectivity index (χ0v) is 14.1. The van der Waals surface area contributed by atoms with Crippen molar-refractivity contribution in [1.82, 2.24) is 15.2 Å². The van der Waals surface area contributed by atoms with E-state index in [1.165, 1.54) is 30.3 Å². The van der Waals surface area contributed by atoms with Crippen LogP contribution < -0.4 is 5.32 Å². The molecule has 1 saturated heterocycles. The first-order valence-electron chi connectivity index (χ1n) is 7.65. The third kappa shape index (κ3) is 3.62. The number of nitrogens with one attached hydrogen (secondary N) is 1. The van der Waals surface area contributed by atoms with Crippen molar-refractivity contribution < 1.29 is 0 Å². The highest BCUT2D eigenvalue weighted by atomic mass is 79.9. The first-order chi connectivity index (χ1) is 10.2. The Morgan fingerprint density at radius 1 is 1.38 bits per heavy atom. The Labute approximate surface area is 134 Å². The molecule has 21 heavy (non-hydrogen) atoms. The lowest BCUT2D eigenvalue weighted by Gasteiger charge is -2.27. The molecule has 2 heterocycles. The molecule has 1 aromatic carbocycles. The van der Waals surface area contributed by atoms with Gasteiger partial charge in [-0.15, -0.1) is 0 Å². The van der Waals surface area contributed by atoms with Crippen molar-refractivity contribution in [2.75, 3.05) is 26.7 Å². The van der Waals surface area contributed by atoms with Gasteiger partial charge in [0, 0.05) is 29.1 Å². The highest BCUT2D eigenvalue weighted by molar-refractivity contribution is 9.10. The molecule has 1 N–H and O–H groups in total. The molecule has 0 aliphatic carbocycles. The maximum absolute atomic E-state index is 4.57. The van der Waals surface area contributed by atoms with E-state index < -0.39 is 0 Å². The highest BCUT2D eigenvalue weighted by Crippen LogP contribution is 2.26. The average molecular weight is 348 g/mol. The van der Waals surface area contributed by atoms with Crippen molar-refractivity contribution >= 4 is 26.8 Å². The summed E-state index contributed by atoms with van der Waals surface area (Å²) < 4.78 is 1.12. The molecule has 112 valence electrons. The molecule has 1 unspecified atom stereocenters. The van der Waals surface area contributed by atoms with Gasteiger partial charge in [-0.2, -0.15) is 0 Å². The minimum atomic E-state index is 0.776. The van der Waals surface area contributed by atoms with Crippen molar-refractivity contribution in [3.63, 3.8) is 0 Å². The molecule has 1 aliphatic rings. The van der Waals surface area contributed by atoms with Gasteiger partial charge in [-0.25, -0.2) is 0 Å². The van der Waals surface area contributed by atoms with Gasteiger partial charge >= 0.3 is 0 Å². The summed E-state index contributed by atoms with van der Waals surface area (Å²) in [7, 11) is 2.21. The molecule has 0 saturated carbocycles. The van der Waals surface area contributed by atoms with Crippen LogP contribution in [0, 0.1) is 5.92 Å². The number of nitrogens with zero attached hydrogens (tertiary/aromatic N) is 2. The molecule has 3 rings (SSSR count). The zero-order valence-electron chi connectivity index (χ0n) is 12.5. The fourth-order valence-corrected chi connectivity index (χ4v) is 3.65. The Kier molecular flexibility index (Phi) is 4.88. The van der Waals surface area contributed by atoms with E-state index in [0.29, 0.717) is 0 Å². The van der Waals surface area contributed by atoms with Crippen molar-refractivity contribution in [2.45, 2.75) is 19.4 Å². The Hall–Kier alpha value is -0.970. The van der Waals surface area contributed by atoms with E-state index in [4.69, 9.17) is 0 Å². The molecule has 0 amide bonds. The molecule has 1 aromatic heterocycles. The van der Waals surface area contributed by atoms with Gasteiger partial charge in [0.05, 0.1) is 5.52 Å². The van der Waals surface area contributed by atoms with Gasteiger partial charge in [-0.1, -0.05) is 28.1 Å². The van der Waals surface area contributed by atoms with Gasteiger partial charge in [0.1, 0.15) is 0 Å². The minimum absolute atomic E-state index is 0.776. The molecule has 3 nitrogen and oxygen atoms in total. The summed E-state index contributed by atoms with van der Waals surface area (Å²) >= 11 is 3.62. The topological polar surface area (TPSA) is 28.2 Å². The van der Waals surface area contributed by atoms with Gasteiger partial charge in [0.15, 0.2) is 0 Å². The van der Waals surface area contributed by atoms with Crippen LogP contribution >= 0.6 is 15.9 Å². The monoisotopic (exact) mass is 347 g/mol. The summed E-state index contributed by atoms with van der Waals surface area (Å²) in [6.45, 7) is 4.44. The van der Waals surface area contributed by atoms with Crippen molar-refractivity contribution in [2.24, 2.45) is 5.92 Å². The van der Waals surface area contributed by atoms with Crippen LogP contribution in [0.25, 0.3) is 10.9 Å². The second kappa shape index (κ2) is 6.86. The van der Waals surface area contributed by atoms with E-state index in [2.05, 4.69) is 56.4 Å². The molecule has 2 aromatic rings. The molecule has 0 radical (unpaired) electrons. The number of rotatable bonds is 4. The number of pyridine rings is 1. The average Bonchev–Trinajstić information content (AvgIpc) is 2.51. The van der Waals surface area contributed by atoms with Crippen LogP contribution in [0.1, 0.15) is 18.4 Å². The fourth-order valence-electron chi connectivity index (χ4n) is 3.20. The molecule has 0 spiro atoms. The summed E-state index contributed by atoms with van der Waals surface area (Å²) in [6.07, 6.45) is 4.53. The smallest absolute Gasteiger partial charge is 0.0758 e. The van der Waals surface area contributed by atoms with E-state index in [0.717, 1.165) is 35.5 Å². The largest absolute Gasteiger partial charge is 0.316 e. The number of piperidine rings is 1. The van der Waals surface area contributed by atoms with E-state index in [1.807, 2.05) is 12.3 Å². The molecule has 0 bridgehead atoms. The van der Waals surface area contributed by atoms with Crippen molar-refractivity contribution in [1.29, 1.82) is 0 Å². The Morgan fingerprint density at radius 3 is 3.10 bits per heavy atom. The lowest BCUT2D eigenvalue weighted by Crippen LogP contribution is -2.36. The predicted molar refractivity (Wildman–Crippen MR) is 91.4 cm³/mol.